The number of aromatic carboxylic acids is 2. The minimum atomic E-state index is -0.991. The Kier molecular flexibility index (Phi) is 47.0. The second-order valence-corrected chi connectivity index (χ2v) is 40.7. The van der Waals surface area contributed by atoms with E-state index in [4.69, 9.17) is 63.1 Å². The maximum Gasteiger partial charge on any atom is 0.350 e. The minimum Gasteiger partial charge on any atom is -0.477 e. The molecule has 38 heteroatoms. The Hall–Kier alpha value is -13.5. The number of aliphatic hydroxyl groups is 3. The van der Waals surface area contributed by atoms with Crippen LogP contribution in [0.4, 0.5) is 0 Å². The van der Waals surface area contributed by atoms with E-state index >= 15 is 0 Å². The molecule has 0 saturated carbocycles. The van der Waals surface area contributed by atoms with Crippen LogP contribution >= 0.6 is 90.7 Å². The molecule has 8 aromatic carbocycles. The van der Waals surface area contributed by atoms with Gasteiger partial charge in [-0.25, -0.2) is 68.6 Å². The molecule has 0 saturated heterocycles. The number of carboxylic acids is 2. The van der Waals surface area contributed by atoms with Gasteiger partial charge < -0.3 is 73.0 Å². The molecular weight excluding hydrogens is 2050 g/mol. The molecule has 0 amide bonds. The number of rotatable bonds is 32. The average molecular weight is 2170 g/mol. The van der Waals surface area contributed by atoms with Gasteiger partial charge in [-0.15, -0.1) is 90.7 Å². The molecule has 9 heterocycles. The number of hydrogen-bond donors (Lipinski definition) is 5. The van der Waals surface area contributed by atoms with E-state index in [0.717, 1.165) is 132 Å². The van der Waals surface area contributed by atoms with Crippen molar-refractivity contribution in [3.8, 4) is 84.6 Å². The predicted octanol–water partition coefficient (Wildman–Crippen LogP) is 22.2. The molecule has 16 aromatic rings. The lowest BCUT2D eigenvalue weighted by Crippen LogP contribution is -2.18. The van der Waals surface area contributed by atoms with Crippen molar-refractivity contribution in [2.75, 3.05) is 82.8 Å². The highest BCUT2D eigenvalue weighted by atomic mass is 32.1. The zero-order valence-corrected chi connectivity index (χ0v) is 91.6. The van der Waals surface area contributed by atoms with E-state index < -0.39 is 42.4 Å². The van der Waals surface area contributed by atoms with Gasteiger partial charge in [-0.1, -0.05) is 239 Å². The Bertz CT molecular complexity index is 7030. The number of benzene rings is 8. The van der Waals surface area contributed by atoms with Gasteiger partial charge in [0.15, 0.2) is 12.6 Å². The number of carboxylic acid groups (broad SMARTS) is 2. The van der Waals surface area contributed by atoms with Gasteiger partial charge in [0, 0.05) is 148 Å². The van der Waals surface area contributed by atoms with Crippen molar-refractivity contribution in [1.29, 1.82) is 0 Å². The van der Waals surface area contributed by atoms with Crippen LogP contribution in [0.5, 0.6) is 0 Å². The van der Waals surface area contributed by atoms with Gasteiger partial charge in [0.1, 0.15) is 75.6 Å². The number of aryl methyl sites for hydroxylation is 8. The number of aliphatic hydroxyl groups excluding tert-OH is 3. The number of ether oxygens (including phenoxy) is 9. The molecule has 5 N–H and O–H groups in total. The van der Waals surface area contributed by atoms with Crippen LogP contribution in [0.15, 0.2) is 205 Å². The average Bonchev–Trinajstić information content (AvgIpc) is 1.64. The number of esters is 5. The van der Waals surface area contributed by atoms with Crippen molar-refractivity contribution in [3.63, 3.8) is 0 Å². The van der Waals surface area contributed by atoms with E-state index in [9.17, 15) is 43.5 Å². The molecule has 0 aliphatic carbocycles. The lowest BCUT2D eigenvalue weighted by atomic mass is 10.1. The highest BCUT2D eigenvalue weighted by Gasteiger charge is 2.29. The largest absolute Gasteiger partial charge is 0.477 e. The summed E-state index contributed by atoms with van der Waals surface area (Å²) in [5.41, 5.74) is 22.7. The molecule has 0 fully saturated rings. The summed E-state index contributed by atoms with van der Waals surface area (Å²) in [6, 6.07) is 64.1. The number of cyclic esters (lactones) is 1. The van der Waals surface area contributed by atoms with E-state index in [1.54, 1.807) is 43.8 Å². The van der Waals surface area contributed by atoms with Crippen molar-refractivity contribution in [1.82, 2.24) is 39.9 Å². The van der Waals surface area contributed by atoms with Crippen LogP contribution in [0, 0.1) is 55.4 Å². The number of nitrogens with zero attached hydrogens (tertiary/aromatic N) is 8. The Labute approximate surface area is 896 Å². The molecule has 0 spiro atoms. The van der Waals surface area contributed by atoms with Gasteiger partial charge in [0.25, 0.3) is 0 Å². The zero-order valence-electron chi connectivity index (χ0n) is 85.1. The Balaban J connectivity index is 0.000000174. The third-order valence-corrected chi connectivity index (χ3v) is 30.3. The Morgan fingerprint density at radius 3 is 0.940 bits per heavy atom. The van der Waals surface area contributed by atoms with Crippen LogP contribution in [-0.2, 0) is 104 Å². The van der Waals surface area contributed by atoms with E-state index in [0.29, 0.717) is 96.9 Å². The first kappa shape index (κ1) is 117. The minimum absolute atomic E-state index is 0.0406. The van der Waals surface area contributed by atoms with Crippen molar-refractivity contribution < 1.29 is 107 Å². The van der Waals surface area contributed by atoms with Crippen LogP contribution in [0.25, 0.3) is 84.6 Å². The van der Waals surface area contributed by atoms with Gasteiger partial charge in [-0.05, 0) is 62.3 Å². The summed E-state index contributed by atoms with van der Waals surface area (Å²) in [6.07, 6.45) is 2.83. The van der Waals surface area contributed by atoms with Gasteiger partial charge in [0.2, 0.25) is 0 Å². The normalized spacial score (nSPS) is 11.0. The van der Waals surface area contributed by atoms with Gasteiger partial charge >= 0.3 is 41.8 Å². The summed E-state index contributed by atoms with van der Waals surface area (Å²) < 4.78 is 44.8. The molecule has 1 aliphatic rings. The van der Waals surface area contributed by atoms with E-state index in [-0.39, 0.29) is 60.8 Å². The Morgan fingerprint density at radius 2 is 0.631 bits per heavy atom. The Morgan fingerprint density at radius 1 is 0.356 bits per heavy atom. The highest BCUT2D eigenvalue weighted by molar-refractivity contribution is 7.19. The number of carbonyl (C=O) groups is 8. The van der Waals surface area contributed by atoms with E-state index in [1.807, 2.05) is 210 Å². The summed E-state index contributed by atoms with van der Waals surface area (Å²) >= 11 is 10.8. The molecule has 0 atom stereocenters. The maximum absolute atomic E-state index is 12.0. The summed E-state index contributed by atoms with van der Waals surface area (Å²) in [5, 5.41) is 55.6. The monoisotopic (exact) mass is 2170 g/mol. The summed E-state index contributed by atoms with van der Waals surface area (Å²) in [4.78, 5) is 129. The number of thiazole rings is 8. The van der Waals surface area contributed by atoms with Crippen molar-refractivity contribution in [3.05, 3.63) is 324 Å². The molecular formula is C111H116N8O22S8. The molecule has 780 valence electrons. The third-order valence-electron chi connectivity index (χ3n) is 21.7. The molecule has 30 nitrogen and oxygen atoms in total. The van der Waals surface area contributed by atoms with Gasteiger partial charge in [0.05, 0.1) is 86.5 Å². The molecule has 0 radical (unpaired) electrons. The number of aldehydes is 1. The lowest BCUT2D eigenvalue weighted by molar-refractivity contribution is -0.142. The number of methoxy groups -OCH3 is 7. The first-order chi connectivity index (χ1) is 71.8. The molecule has 149 heavy (non-hydrogen) atoms. The van der Waals surface area contributed by atoms with Crippen LogP contribution in [0.3, 0.4) is 0 Å². The molecule has 0 unspecified atom stereocenters. The molecule has 1 aliphatic heterocycles. The fourth-order valence-corrected chi connectivity index (χ4v) is 21.2. The summed E-state index contributed by atoms with van der Waals surface area (Å²) in [7, 11) is 10.2. The summed E-state index contributed by atoms with van der Waals surface area (Å²) in [5.74, 6) is -3.68. The van der Waals surface area contributed by atoms with Gasteiger partial charge in [-0.2, -0.15) is 0 Å². The fourth-order valence-electron chi connectivity index (χ4n) is 13.6. The number of fused-ring (bicyclic) bond motifs is 1. The second kappa shape index (κ2) is 59.6. The number of hydrogen-bond acceptors (Lipinski definition) is 36. The molecule has 17 rings (SSSR count). The first-order valence-electron chi connectivity index (χ1n) is 46.6. The standard InChI is InChI=1S/C16H19NO4S.C15H17NO4S.C14H15NO3S.C14H13NO3S.C14H15NO2S.C13H13NO3S.C13H11NO2S.C12H13NOS/c1-10-5-7-11(8-6-10)15-17-12(9-13(19-2)20-3)14(22-15)16(18)21-4;1-9-4-6-10(7-5-9)14-16-11(8-12(19-2)20-3)13(21-14)15(17)18;2*1-9-3-5-10(6-4-9)13-15-11(7-8-16)12(19-13)14(17)18-2;1-3-17-13(16)8-12-9-18-14(15-12)11-6-4-10(2)5-7-11;1-8-2-4-9(5-3-8)12-14-10(6-7-15)11(18-12)13(16)17;1-8-2-4-9(5-3-8)12-14-10-6-7-16-13(15)11(10)17-12;1-9-2-4-10(5-3-9)12-13-11(6-7-14)8-15-12/h5-8,13H,9H2,1-4H3;4-7,12H,8H2,1-3H3,(H,17,18);3-6,16H,7-8H2,1-2H3;3-6,8H,7H2,1-2H3;4-7,9H,3,8H2,1-2H3;2-5,15H,6-7H2,1H3,(H,16,17);2-5H,6-7H2,1H3;2-5,8,14H,6-7H2,1H3. The molecule has 0 bridgehead atoms. The highest BCUT2D eigenvalue weighted by Crippen LogP contribution is 2.38. The van der Waals surface area contributed by atoms with E-state index in [1.165, 1.54) is 120 Å². The molecule has 8 aromatic heterocycles. The smallest absolute Gasteiger partial charge is 0.350 e. The van der Waals surface area contributed by atoms with Crippen LogP contribution < -0.4 is 0 Å². The zero-order chi connectivity index (χ0) is 108. The number of carbonyl (C=O) groups excluding carboxylic acids is 6. The lowest BCUT2D eigenvalue weighted by Gasteiger charge is -2.12. The van der Waals surface area contributed by atoms with E-state index in [2.05, 4.69) is 90.1 Å². The van der Waals surface area contributed by atoms with Crippen LogP contribution in [-0.4, -0.2) is 209 Å². The first-order valence-corrected chi connectivity index (χ1v) is 53.3. The topological polar surface area (TPSA) is 424 Å². The van der Waals surface area contributed by atoms with Crippen molar-refractivity contribution >= 4 is 139 Å². The fraction of sp³-hybridized carbons (Fsp3) is 0.279. The quantitative estimate of drug-likeness (QED) is 0.0113. The second-order valence-electron chi connectivity index (χ2n) is 32.9. The SMILES string of the molecule is CCOC(=O)Cc1csc(-c2ccc(C)cc2)n1.COC(=O)c1sc(-c2ccc(C)cc2)nc1CC(OC)OC.COC(=O)c1sc(-c2ccc(C)cc2)nc1CC=O.COC(=O)c1sc(-c2ccc(C)cc2)nc1CCO.COC(Cc1nc(-c2ccc(C)cc2)sc1C(=O)O)OC.Cc1ccc(-c2nc(CCO)c(C(=O)O)s2)cc1.Cc1ccc(-c2nc(CCO)cs2)cc1.Cc1ccc(-c2nc3c(s2)C(=O)OCC3)cc1. The van der Waals surface area contributed by atoms with Crippen molar-refractivity contribution in [2.24, 2.45) is 0 Å². The van der Waals surface area contributed by atoms with Crippen LogP contribution in [0.1, 0.15) is 155 Å². The third kappa shape index (κ3) is 35.1. The summed E-state index contributed by atoms with van der Waals surface area (Å²) in [6.45, 7) is 18.9. The van der Waals surface area contributed by atoms with Gasteiger partial charge in [-0.3, -0.25) is 4.79 Å². The van der Waals surface area contributed by atoms with Crippen molar-refractivity contribution in [2.45, 2.75) is 126 Å². The number of aromatic nitrogens is 8. The maximum atomic E-state index is 12.0. The predicted molar refractivity (Wildman–Crippen MR) is 586 cm³/mol. The van der Waals surface area contributed by atoms with Crippen LogP contribution in [0.2, 0.25) is 0 Å².